The molecule has 7 nitrogen and oxygen atoms in total. The fraction of sp³-hybridized carbons (Fsp3) is 0.529. The fourth-order valence-electron chi connectivity index (χ4n) is 2.51. The third kappa shape index (κ3) is 5.26. The zero-order valence-corrected chi connectivity index (χ0v) is 16.1. The Labute approximate surface area is 155 Å². The molecule has 1 fully saturated rings. The number of halogens is 1. The van der Waals surface area contributed by atoms with Gasteiger partial charge >= 0.3 is 12.1 Å². The maximum atomic E-state index is 12.1. The molecule has 1 aromatic carbocycles. The van der Waals surface area contributed by atoms with Crippen LogP contribution in [0.4, 0.5) is 10.5 Å². The predicted molar refractivity (Wildman–Crippen MR) is 97.0 cm³/mol. The summed E-state index contributed by atoms with van der Waals surface area (Å²) in [5, 5.41) is 9.17. The molecule has 1 aliphatic rings. The van der Waals surface area contributed by atoms with Crippen molar-refractivity contribution in [3.63, 3.8) is 0 Å². The second-order valence-electron chi connectivity index (χ2n) is 6.96. The van der Waals surface area contributed by atoms with Gasteiger partial charge in [0.2, 0.25) is 0 Å². The fourth-order valence-corrected chi connectivity index (χ4v) is 2.96. The molecule has 25 heavy (non-hydrogen) atoms. The molecule has 8 heteroatoms. The van der Waals surface area contributed by atoms with Gasteiger partial charge in [-0.25, -0.2) is 9.59 Å². The molecule has 0 aliphatic carbocycles. The van der Waals surface area contributed by atoms with E-state index >= 15 is 0 Å². The molecule has 1 aromatic rings. The molecule has 3 N–H and O–H groups in total. The van der Waals surface area contributed by atoms with Gasteiger partial charge in [0.25, 0.3) is 0 Å². The molecule has 1 aliphatic heterocycles. The number of hydrogen-bond donors (Lipinski definition) is 2. The molecule has 0 radical (unpaired) electrons. The van der Waals surface area contributed by atoms with Gasteiger partial charge < -0.3 is 25.2 Å². The number of piperidine rings is 1. The maximum absolute atomic E-state index is 12.1. The van der Waals surface area contributed by atoms with Crippen LogP contribution in [-0.4, -0.2) is 46.9 Å². The molecule has 1 saturated heterocycles. The van der Waals surface area contributed by atoms with E-state index in [2.05, 4.69) is 15.9 Å². The van der Waals surface area contributed by atoms with Crippen molar-refractivity contribution < 1.29 is 24.2 Å². The summed E-state index contributed by atoms with van der Waals surface area (Å²) in [5.41, 5.74) is 5.36. The van der Waals surface area contributed by atoms with Gasteiger partial charge in [-0.1, -0.05) is 0 Å². The van der Waals surface area contributed by atoms with Gasteiger partial charge in [0.1, 0.15) is 17.5 Å². The number of amides is 1. The normalized spacial score (nSPS) is 15.8. The molecule has 0 spiro atoms. The lowest BCUT2D eigenvalue weighted by Gasteiger charge is -2.33. The van der Waals surface area contributed by atoms with Gasteiger partial charge in [0, 0.05) is 31.6 Å². The third-order valence-corrected chi connectivity index (χ3v) is 4.34. The molecule has 0 bridgehead atoms. The van der Waals surface area contributed by atoms with Gasteiger partial charge in [0.05, 0.1) is 10.0 Å². The summed E-state index contributed by atoms with van der Waals surface area (Å²) in [6.45, 7) is 6.55. The van der Waals surface area contributed by atoms with E-state index in [4.69, 9.17) is 20.3 Å². The first-order valence-electron chi connectivity index (χ1n) is 8.03. The van der Waals surface area contributed by atoms with E-state index in [-0.39, 0.29) is 23.4 Å². The number of nitrogens with two attached hydrogens (primary N) is 1. The summed E-state index contributed by atoms with van der Waals surface area (Å²) in [4.78, 5) is 24.9. The van der Waals surface area contributed by atoms with E-state index in [0.29, 0.717) is 36.2 Å². The number of carbonyl (C=O) groups excluding carboxylic acids is 1. The van der Waals surface area contributed by atoms with Crippen molar-refractivity contribution in [3.05, 3.63) is 22.2 Å². The number of aromatic carboxylic acids is 1. The number of carboxylic acids is 1. The topological polar surface area (TPSA) is 102 Å². The van der Waals surface area contributed by atoms with E-state index in [9.17, 15) is 9.59 Å². The summed E-state index contributed by atoms with van der Waals surface area (Å²) in [6.07, 6.45) is 0.838. The minimum Gasteiger partial charge on any atom is -0.489 e. The first kappa shape index (κ1) is 19.4. The number of benzene rings is 1. The van der Waals surface area contributed by atoms with Crippen molar-refractivity contribution in [2.75, 3.05) is 18.8 Å². The van der Waals surface area contributed by atoms with Crippen molar-refractivity contribution in [1.29, 1.82) is 0 Å². The van der Waals surface area contributed by atoms with E-state index in [0.717, 1.165) is 0 Å². The zero-order valence-electron chi connectivity index (χ0n) is 14.5. The Kier molecular flexibility index (Phi) is 5.82. The number of carboxylic acid groups (broad SMARTS) is 1. The highest BCUT2D eigenvalue weighted by atomic mass is 79.9. The lowest BCUT2D eigenvalue weighted by atomic mass is 10.1. The van der Waals surface area contributed by atoms with E-state index in [1.54, 1.807) is 4.90 Å². The van der Waals surface area contributed by atoms with Gasteiger partial charge in [-0.05, 0) is 48.8 Å². The van der Waals surface area contributed by atoms with Crippen LogP contribution < -0.4 is 10.5 Å². The highest BCUT2D eigenvalue weighted by Crippen LogP contribution is 2.32. The Morgan fingerprint density at radius 3 is 2.40 bits per heavy atom. The lowest BCUT2D eigenvalue weighted by Crippen LogP contribution is -2.44. The van der Waals surface area contributed by atoms with Crippen LogP contribution >= 0.6 is 15.9 Å². The number of carbonyl (C=O) groups is 2. The minimum atomic E-state index is -1.10. The Balaban J connectivity index is 1.97. The standard InChI is InChI=1S/C17H23BrN2O5/c1-17(2,3)25-16(23)20-6-4-10(5-7-20)24-14-8-11(15(21)22)13(19)9-12(14)18/h8-10H,4-7,19H2,1-3H3,(H,21,22). The van der Waals surface area contributed by atoms with Crippen molar-refractivity contribution in [2.24, 2.45) is 0 Å². The van der Waals surface area contributed by atoms with Crippen molar-refractivity contribution >= 4 is 33.7 Å². The molecule has 138 valence electrons. The molecule has 1 amide bonds. The largest absolute Gasteiger partial charge is 0.489 e. The number of nitrogen functional groups attached to an aromatic ring is 1. The minimum absolute atomic E-state index is 0.00407. The number of hydrogen-bond acceptors (Lipinski definition) is 5. The highest BCUT2D eigenvalue weighted by molar-refractivity contribution is 9.10. The van der Waals surface area contributed by atoms with Crippen molar-refractivity contribution in [3.8, 4) is 5.75 Å². The van der Waals surface area contributed by atoms with Gasteiger partial charge in [-0.15, -0.1) is 0 Å². The highest BCUT2D eigenvalue weighted by Gasteiger charge is 2.28. The maximum Gasteiger partial charge on any atom is 0.410 e. The number of rotatable bonds is 3. The summed E-state index contributed by atoms with van der Waals surface area (Å²) in [6, 6.07) is 2.94. The number of anilines is 1. The molecule has 1 heterocycles. The molecule has 0 atom stereocenters. The van der Waals surface area contributed by atoms with Crippen LogP contribution in [0.15, 0.2) is 16.6 Å². The van der Waals surface area contributed by atoms with Crippen LogP contribution in [0.1, 0.15) is 44.0 Å². The molecule has 2 rings (SSSR count). The van der Waals surface area contributed by atoms with Crippen LogP contribution in [0.3, 0.4) is 0 Å². The molecule has 0 saturated carbocycles. The van der Waals surface area contributed by atoms with Crippen LogP contribution in [0.5, 0.6) is 5.75 Å². The van der Waals surface area contributed by atoms with E-state index < -0.39 is 11.6 Å². The van der Waals surface area contributed by atoms with Crippen molar-refractivity contribution in [1.82, 2.24) is 4.90 Å². The van der Waals surface area contributed by atoms with Crippen LogP contribution in [-0.2, 0) is 4.74 Å². The molecular weight excluding hydrogens is 392 g/mol. The van der Waals surface area contributed by atoms with Gasteiger partial charge in [-0.3, -0.25) is 0 Å². The Morgan fingerprint density at radius 1 is 1.28 bits per heavy atom. The Bertz CT molecular complexity index is 664. The first-order chi connectivity index (χ1) is 11.6. The molecule has 0 unspecified atom stereocenters. The predicted octanol–water partition coefficient (Wildman–Crippen LogP) is 3.51. The van der Waals surface area contributed by atoms with Crippen LogP contribution in [0.2, 0.25) is 0 Å². The zero-order chi connectivity index (χ0) is 18.8. The number of nitrogens with zero attached hydrogens (tertiary/aromatic N) is 1. The molecular formula is C17H23BrN2O5. The van der Waals surface area contributed by atoms with Gasteiger partial charge in [-0.2, -0.15) is 0 Å². The third-order valence-electron chi connectivity index (χ3n) is 3.72. The van der Waals surface area contributed by atoms with Gasteiger partial charge in [0.15, 0.2) is 0 Å². The quantitative estimate of drug-likeness (QED) is 0.733. The summed E-state index contributed by atoms with van der Waals surface area (Å²) in [5.74, 6) is -0.670. The molecule has 0 aromatic heterocycles. The van der Waals surface area contributed by atoms with Crippen molar-refractivity contribution in [2.45, 2.75) is 45.3 Å². The lowest BCUT2D eigenvalue weighted by molar-refractivity contribution is 0.0125. The SMILES string of the molecule is CC(C)(C)OC(=O)N1CCC(Oc2cc(C(=O)O)c(N)cc2Br)CC1. The monoisotopic (exact) mass is 414 g/mol. The smallest absolute Gasteiger partial charge is 0.410 e. The summed E-state index contributed by atoms with van der Waals surface area (Å²) < 4.78 is 11.9. The number of ether oxygens (including phenoxy) is 2. The Hall–Kier alpha value is -1.96. The summed E-state index contributed by atoms with van der Waals surface area (Å²) in [7, 11) is 0. The van der Waals surface area contributed by atoms with Crippen LogP contribution in [0, 0.1) is 0 Å². The number of likely N-dealkylation sites (tertiary alicyclic amines) is 1. The Morgan fingerprint density at radius 2 is 1.88 bits per heavy atom. The average molecular weight is 415 g/mol. The summed E-state index contributed by atoms with van der Waals surface area (Å²) >= 11 is 3.34. The average Bonchev–Trinajstić information content (AvgIpc) is 2.48. The second kappa shape index (κ2) is 7.51. The second-order valence-corrected chi connectivity index (χ2v) is 7.81. The van der Waals surface area contributed by atoms with Crippen LogP contribution in [0.25, 0.3) is 0 Å². The van der Waals surface area contributed by atoms with E-state index in [1.165, 1.54) is 12.1 Å². The first-order valence-corrected chi connectivity index (χ1v) is 8.83. The van der Waals surface area contributed by atoms with E-state index in [1.807, 2.05) is 20.8 Å².